The number of halogens is 1. The fourth-order valence-electron chi connectivity index (χ4n) is 3.11. The lowest BCUT2D eigenvalue weighted by atomic mass is 10.2. The Morgan fingerprint density at radius 2 is 2.28 bits per heavy atom. The third-order valence-corrected chi connectivity index (χ3v) is 6.69. The number of pyridine rings is 1. The molecule has 1 saturated heterocycles. The number of anilines is 1. The molecular formula is C19H17BrN6O2S. The van der Waals surface area contributed by atoms with Crippen molar-refractivity contribution >= 4 is 44.7 Å². The minimum Gasteiger partial charge on any atom is -0.356 e. The van der Waals surface area contributed by atoms with E-state index in [0.717, 1.165) is 41.2 Å². The molecule has 1 aliphatic heterocycles. The molecule has 1 N–H and O–H groups in total. The molecule has 1 unspecified atom stereocenters. The second-order valence-corrected chi connectivity index (χ2v) is 8.33. The molecule has 0 aliphatic carbocycles. The summed E-state index contributed by atoms with van der Waals surface area (Å²) < 4.78 is 8.18. The predicted molar refractivity (Wildman–Crippen MR) is 114 cm³/mol. The number of thiophene rings is 1. The molecule has 1 amide bonds. The molecular weight excluding hydrogens is 456 g/mol. The molecule has 0 spiro atoms. The van der Waals surface area contributed by atoms with Crippen molar-refractivity contribution in [3.05, 3.63) is 40.5 Å². The van der Waals surface area contributed by atoms with Crippen LogP contribution in [0.1, 0.15) is 32.4 Å². The van der Waals surface area contributed by atoms with Crippen LogP contribution in [0.3, 0.4) is 0 Å². The first kappa shape index (κ1) is 19.7. The highest BCUT2D eigenvalue weighted by Gasteiger charge is 2.23. The maximum absolute atomic E-state index is 11.3. The van der Waals surface area contributed by atoms with Crippen LogP contribution in [0.5, 0.6) is 0 Å². The molecule has 0 saturated carbocycles. The van der Waals surface area contributed by atoms with Crippen molar-refractivity contribution in [3.63, 3.8) is 0 Å². The van der Waals surface area contributed by atoms with Crippen molar-refractivity contribution in [2.45, 2.75) is 32.4 Å². The van der Waals surface area contributed by atoms with Gasteiger partial charge in [0, 0.05) is 29.1 Å². The van der Waals surface area contributed by atoms with Crippen molar-refractivity contribution in [3.8, 4) is 21.1 Å². The zero-order valence-corrected chi connectivity index (χ0v) is 18.0. The summed E-state index contributed by atoms with van der Waals surface area (Å²) in [5.74, 6) is 0.782. The Morgan fingerprint density at radius 3 is 3.00 bits per heavy atom. The van der Waals surface area contributed by atoms with Crippen LogP contribution in [0.2, 0.25) is 0 Å². The topological polar surface area (TPSA) is 86.3 Å². The molecule has 148 valence electrons. The van der Waals surface area contributed by atoms with Gasteiger partial charge in [-0.2, -0.15) is 0 Å². The molecule has 1 fully saturated rings. The van der Waals surface area contributed by atoms with Gasteiger partial charge in [-0.25, -0.2) is 19.5 Å². The van der Waals surface area contributed by atoms with Gasteiger partial charge >= 0.3 is 0 Å². The fraction of sp³-hybridized carbons (Fsp3) is 0.316. The monoisotopic (exact) mass is 472 g/mol. The number of rotatable bonds is 4. The molecule has 0 radical (unpaired) electrons. The van der Waals surface area contributed by atoms with E-state index < -0.39 is 0 Å². The Kier molecular flexibility index (Phi) is 5.71. The third kappa shape index (κ3) is 4.07. The van der Waals surface area contributed by atoms with Crippen molar-refractivity contribution < 1.29 is 9.53 Å². The van der Waals surface area contributed by atoms with Crippen molar-refractivity contribution in [2.75, 3.05) is 11.9 Å². The molecule has 4 heterocycles. The van der Waals surface area contributed by atoms with E-state index in [1.165, 1.54) is 18.3 Å². The van der Waals surface area contributed by atoms with Crippen LogP contribution in [0.4, 0.5) is 11.5 Å². The van der Waals surface area contributed by atoms with Crippen LogP contribution in [-0.2, 0) is 9.53 Å². The summed E-state index contributed by atoms with van der Waals surface area (Å²) in [6.45, 7) is 9.79. The van der Waals surface area contributed by atoms with Crippen LogP contribution in [0, 0.1) is 6.57 Å². The first-order valence-corrected chi connectivity index (χ1v) is 10.6. The molecule has 3 aromatic rings. The number of ether oxygens (including phenoxy) is 1. The number of carbonyl (C=O) groups excluding carboxylic acids is 1. The maximum atomic E-state index is 11.3. The van der Waals surface area contributed by atoms with Gasteiger partial charge in [-0.1, -0.05) is 15.9 Å². The van der Waals surface area contributed by atoms with Gasteiger partial charge in [0.2, 0.25) is 11.6 Å². The molecule has 4 rings (SSSR count). The number of amides is 1. The quantitative estimate of drug-likeness (QED) is 0.537. The molecule has 0 aromatic carbocycles. The minimum atomic E-state index is -0.201. The van der Waals surface area contributed by atoms with Gasteiger partial charge in [-0.15, -0.1) is 16.4 Å². The summed E-state index contributed by atoms with van der Waals surface area (Å²) in [4.78, 5) is 25.2. The Labute approximate surface area is 179 Å². The first-order valence-electron chi connectivity index (χ1n) is 9.03. The standard InChI is InChI=1S/C19H17BrN6O2S/c1-11(27)24-13-9-12(6-7-22-13)17-16(21-2)15(20)18(29-17)19-23-10-26(25-19)14-5-3-4-8-28-14/h6-7,9-10,14H,3-5,8H2,1H3,(H,22,24,27). The highest BCUT2D eigenvalue weighted by atomic mass is 79.9. The third-order valence-electron chi connectivity index (χ3n) is 4.43. The van der Waals surface area contributed by atoms with Crippen molar-refractivity contribution in [1.29, 1.82) is 0 Å². The largest absolute Gasteiger partial charge is 0.356 e. The molecule has 1 atom stereocenters. The second-order valence-electron chi connectivity index (χ2n) is 6.52. The van der Waals surface area contributed by atoms with Crippen LogP contribution in [0.25, 0.3) is 26.0 Å². The van der Waals surface area contributed by atoms with Gasteiger partial charge in [-0.3, -0.25) is 4.79 Å². The fourth-order valence-corrected chi connectivity index (χ4v) is 5.01. The number of nitrogens with one attached hydrogen (secondary N) is 1. The lowest BCUT2D eigenvalue weighted by Crippen LogP contribution is -2.18. The molecule has 3 aromatic heterocycles. The summed E-state index contributed by atoms with van der Waals surface area (Å²) in [7, 11) is 0. The van der Waals surface area contributed by atoms with Crippen molar-refractivity contribution in [2.24, 2.45) is 0 Å². The maximum Gasteiger partial charge on any atom is 0.222 e. The highest BCUT2D eigenvalue weighted by molar-refractivity contribution is 9.10. The Morgan fingerprint density at radius 1 is 1.41 bits per heavy atom. The predicted octanol–water partition coefficient (Wildman–Crippen LogP) is 5.04. The van der Waals surface area contributed by atoms with Crippen LogP contribution in [0.15, 0.2) is 29.1 Å². The van der Waals surface area contributed by atoms with E-state index in [1.807, 2.05) is 6.07 Å². The number of aromatic nitrogens is 4. The van der Waals surface area contributed by atoms with Gasteiger partial charge in [-0.05, 0) is 37.0 Å². The minimum absolute atomic E-state index is 0.0936. The zero-order chi connectivity index (χ0) is 20.4. The zero-order valence-electron chi connectivity index (χ0n) is 15.6. The van der Waals surface area contributed by atoms with Gasteiger partial charge in [0.05, 0.1) is 11.4 Å². The van der Waals surface area contributed by atoms with E-state index in [9.17, 15) is 4.79 Å². The van der Waals surface area contributed by atoms with E-state index >= 15 is 0 Å². The normalized spacial score (nSPS) is 16.4. The first-order chi connectivity index (χ1) is 14.1. The summed E-state index contributed by atoms with van der Waals surface area (Å²) in [6.07, 6.45) is 6.27. The van der Waals surface area contributed by atoms with Crippen LogP contribution < -0.4 is 5.32 Å². The average molecular weight is 473 g/mol. The Hall–Kier alpha value is -2.61. The van der Waals surface area contributed by atoms with Gasteiger partial charge < -0.3 is 10.1 Å². The number of hydrogen-bond donors (Lipinski definition) is 1. The molecule has 8 nitrogen and oxygen atoms in total. The number of nitrogens with zero attached hydrogens (tertiary/aromatic N) is 5. The van der Waals surface area contributed by atoms with E-state index in [0.29, 0.717) is 21.8 Å². The number of carbonyl (C=O) groups is 1. The van der Waals surface area contributed by atoms with E-state index in [-0.39, 0.29) is 12.1 Å². The average Bonchev–Trinajstić information content (AvgIpc) is 3.33. The molecule has 10 heteroatoms. The van der Waals surface area contributed by atoms with E-state index in [1.54, 1.807) is 23.3 Å². The Balaban J connectivity index is 1.71. The lowest BCUT2D eigenvalue weighted by molar-refractivity contribution is -0.114. The van der Waals surface area contributed by atoms with Crippen LogP contribution >= 0.6 is 27.3 Å². The summed E-state index contributed by atoms with van der Waals surface area (Å²) in [6, 6.07) is 3.56. The van der Waals surface area contributed by atoms with Gasteiger partial charge in [0.1, 0.15) is 12.1 Å². The molecule has 0 bridgehead atoms. The van der Waals surface area contributed by atoms with Gasteiger partial charge in [0.15, 0.2) is 12.1 Å². The Bertz CT molecular complexity index is 1100. The smallest absolute Gasteiger partial charge is 0.222 e. The lowest BCUT2D eigenvalue weighted by Gasteiger charge is -2.21. The second kappa shape index (κ2) is 8.41. The summed E-state index contributed by atoms with van der Waals surface area (Å²) in [5, 5.41) is 7.26. The van der Waals surface area contributed by atoms with Gasteiger partial charge in [0.25, 0.3) is 0 Å². The molecule has 1 aliphatic rings. The number of hydrogen-bond acceptors (Lipinski definition) is 6. The SMILES string of the molecule is [C-]#[N+]c1c(-c2ccnc(NC(C)=O)c2)sc(-c2ncn(C3CCCCO3)n2)c1Br. The highest BCUT2D eigenvalue weighted by Crippen LogP contribution is 2.49. The summed E-state index contributed by atoms with van der Waals surface area (Å²) in [5.41, 5.74) is 1.27. The van der Waals surface area contributed by atoms with E-state index in [4.69, 9.17) is 11.3 Å². The molecule has 29 heavy (non-hydrogen) atoms. The van der Waals surface area contributed by atoms with E-state index in [2.05, 4.69) is 41.2 Å². The van der Waals surface area contributed by atoms with Crippen LogP contribution in [-0.4, -0.2) is 32.3 Å². The summed E-state index contributed by atoms with van der Waals surface area (Å²) >= 11 is 4.98. The van der Waals surface area contributed by atoms with Crippen molar-refractivity contribution in [1.82, 2.24) is 19.7 Å².